The summed E-state index contributed by atoms with van der Waals surface area (Å²) in [6.07, 6.45) is -1.07. The molecule has 7 nitrogen and oxygen atoms in total. The molecule has 0 unspecified atom stereocenters. The number of nitrogens with one attached hydrogen (secondary N) is 2. The van der Waals surface area contributed by atoms with E-state index in [0.717, 1.165) is 11.1 Å². The first-order valence-corrected chi connectivity index (χ1v) is 9.03. The number of hydrogen-bond acceptors (Lipinski definition) is 6. The Morgan fingerprint density at radius 3 is 2.63 bits per heavy atom. The molecule has 0 aliphatic rings. The van der Waals surface area contributed by atoms with Gasteiger partial charge in [0.2, 0.25) is 0 Å². The summed E-state index contributed by atoms with van der Waals surface area (Å²) >= 11 is 1.20. The third kappa shape index (κ3) is 5.39. The number of hydrogen-bond donors (Lipinski definition) is 2. The monoisotopic (exact) mass is 385 g/mol. The molecule has 1 aromatic heterocycles. The first kappa shape index (κ1) is 20.1. The van der Waals surface area contributed by atoms with Crippen LogP contribution in [0, 0.1) is 25.2 Å². The van der Waals surface area contributed by atoms with Crippen molar-refractivity contribution in [1.29, 1.82) is 5.26 Å². The minimum absolute atomic E-state index is 0.340. The van der Waals surface area contributed by atoms with Gasteiger partial charge in [0.1, 0.15) is 17.6 Å². The molecule has 140 valence electrons. The number of thiophene rings is 1. The van der Waals surface area contributed by atoms with Crippen LogP contribution in [0.3, 0.4) is 0 Å². The third-order valence-electron chi connectivity index (χ3n) is 3.86. The van der Waals surface area contributed by atoms with Crippen molar-refractivity contribution in [3.05, 3.63) is 51.9 Å². The zero-order valence-electron chi connectivity index (χ0n) is 15.2. The van der Waals surface area contributed by atoms with Gasteiger partial charge in [-0.2, -0.15) is 5.26 Å². The maximum atomic E-state index is 12.1. The van der Waals surface area contributed by atoms with E-state index >= 15 is 0 Å². The van der Waals surface area contributed by atoms with Gasteiger partial charge in [-0.1, -0.05) is 6.07 Å². The van der Waals surface area contributed by atoms with Crippen LogP contribution >= 0.6 is 11.3 Å². The Balaban J connectivity index is 1.83. The summed E-state index contributed by atoms with van der Waals surface area (Å²) in [5.41, 5.74) is 2.82. The lowest BCUT2D eigenvalue weighted by Gasteiger charge is -2.13. The summed E-state index contributed by atoms with van der Waals surface area (Å²) in [4.78, 5) is 36.0. The molecule has 0 aliphatic carbocycles. The lowest BCUT2D eigenvalue weighted by atomic mass is 10.1. The van der Waals surface area contributed by atoms with E-state index in [4.69, 9.17) is 10.00 Å². The number of rotatable bonds is 6. The van der Waals surface area contributed by atoms with Gasteiger partial charge in [-0.25, -0.2) is 0 Å². The fourth-order valence-electron chi connectivity index (χ4n) is 2.14. The number of carbonyl (C=O) groups excluding carboxylic acids is 3. The molecule has 8 heteroatoms. The van der Waals surface area contributed by atoms with Crippen LogP contribution in [0.4, 0.5) is 5.00 Å². The van der Waals surface area contributed by atoms with Gasteiger partial charge in [-0.15, -0.1) is 11.3 Å². The lowest BCUT2D eigenvalue weighted by Crippen LogP contribution is -2.35. The largest absolute Gasteiger partial charge is 0.451 e. The minimum atomic E-state index is -1.07. The van der Waals surface area contributed by atoms with E-state index in [1.807, 2.05) is 26.0 Å². The fraction of sp³-hybridized carbons (Fsp3) is 0.263. The summed E-state index contributed by atoms with van der Waals surface area (Å²) in [7, 11) is 0. The minimum Gasteiger partial charge on any atom is -0.451 e. The lowest BCUT2D eigenvalue weighted by molar-refractivity contribution is -0.152. The van der Waals surface area contributed by atoms with Crippen molar-refractivity contribution in [1.82, 2.24) is 5.32 Å². The zero-order valence-corrected chi connectivity index (χ0v) is 16.0. The molecule has 2 amide bonds. The highest BCUT2D eigenvalue weighted by Gasteiger charge is 2.20. The second kappa shape index (κ2) is 8.96. The van der Waals surface area contributed by atoms with E-state index in [-0.39, 0.29) is 6.54 Å². The van der Waals surface area contributed by atoms with Crippen LogP contribution in [0.5, 0.6) is 0 Å². The topological polar surface area (TPSA) is 108 Å². The summed E-state index contributed by atoms with van der Waals surface area (Å²) < 4.78 is 5.02. The highest BCUT2D eigenvalue weighted by atomic mass is 32.1. The first-order valence-electron chi connectivity index (χ1n) is 8.15. The molecule has 27 heavy (non-hydrogen) atoms. The van der Waals surface area contributed by atoms with Crippen LogP contribution in [-0.4, -0.2) is 30.4 Å². The second-order valence-electron chi connectivity index (χ2n) is 5.88. The van der Waals surface area contributed by atoms with Crippen LogP contribution in [0.15, 0.2) is 29.6 Å². The summed E-state index contributed by atoms with van der Waals surface area (Å²) in [5, 5.41) is 16.0. The first-order chi connectivity index (χ1) is 12.8. The Hall–Kier alpha value is -3.18. The standard InChI is InChI=1S/C19H19N3O4S/c1-11-4-5-14(8-12(11)2)18(25)21-10-16(23)26-13(3)17(24)22-19-15(9-20)6-7-27-19/h4-8,13H,10H2,1-3H3,(H,21,25)(H,22,24)/t13-/m1/s1. The van der Waals surface area contributed by atoms with Crippen LogP contribution in [-0.2, 0) is 14.3 Å². The molecule has 0 bridgehead atoms. The van der Waals surface area contributed by atoms with Gasteiger partial charge >= 0.3 is 5.97 Å². The van der Waals surface area contributed by atoms with Crippen LogP contribution < -0.4 is 10.6 Å². The summed E-state index contributed by atoms with van der Waals surface area (Å²) in [6.45, 7) is 4.90. The van der Waals surface area contributed by atoms with Gasteiger partial charge in [-0.3, -0.25) is 14.4 Å². The molecule has 1 atom stereocenters. The average Bonchev–Trinajstić information content (AvgIpc) is 3.08. The highest BCUT2D eigenvalue weighted by Crippen LogP contribution is 2.22. The van der Waals surface area contributed by atoms with Crippen molar-refractivity contribution < 1.29 is 19.1 Å². The highest BCUT2D eigenvalue weighted by molar-refractivity contribution is 7.14. The van der Waals surface area contributed by atoms with Gasteiger partial charge in [0.05, 0.1) is 5.56 Å². The van der Waals surface area contributed by atoms with E-state index in [9.17, 15) is 14.4 Å². The molecular formula is C19H19N3O4S. The second-order valence-corrected chi connectivity index (χ2v) is 6.79. The van der Waals surface area contributed by atoms with Crippen LogP contribution in [0.1, 0.15) is 34.0 Å². The van der Waals surface area contributed by atoms with Crippen molar-refractivity contribution in [3.8, 4) is 6.07 Å². The number of amides is 2. The summed E-state index contributed by atoms with van der Waals surface area (Å²) in [6, 6.07) is 8.78. The number of esters is 1. The van der Waals surface area contributed by atoms with Crippen molar-refractivity contribution in [2.24, 2.45) is 0 Å². The van der Waals surface area contributed by atoms with E-state index in [2.05, 4.69) is 10.6 Å². The Morgan fingerprint density at radius 1 is 1.22 bits per heavy atom. The predicted molar refractivity (Wildman–Crippen MR) is 101 cm³/mol. The maximum Gasteiger partial charge on any atom is 0.326 e. The molecule has 0 spiro atoms. The number of ether oxygens (including phenoxy) is 1. The molecular weight excluding hydrogens is 366 g/mol. The smallest absolute Gasteiger partial charge is 0.326 e. The number of nitriles is 1. The Bertz CT molecular complexity index is 914. The van der Waals surface area contributed by atoms with Gasteiger partial charge in [0, 0.05) is 5.56 Å². The van der Waals surface area contributed by atoms with E-state index in [1.165, 1.54) is 18.3 Å². The molecule has 0 saturated carbocycles. The molecule has 2 rings (SSSR count). The number of anilines is 1. The van der Waals surface area contributed by atoms with Crippen LogP contribution in [0.2, 0.25) is 0 Å². The zero-order chi connectivity index (χ0) is 20.0. The normalized spacial score (nSPS) is 11.2. The fourth-order valence-corrected chi connectivity index (χ4v) is 2.88. The third-order valence-corrected chi connectivity index (χ3v) is 4.69. The Kier molecular flexibility index (Phi) is 6.68. The van der Waals surface area contributed by atoms with Crippen molar-refractivity contribution in [2.45, 2.75) is 26.9 Å². The van der Waals surface area contributed by atoms with Gasteiger partial charge in [-0.05, 0) is 55.5 Å². The Labute approximate surface area is 161 Å². The number of carbonyl (C=O) groups is 3. The molecule has 0 fully saturated rings. The predicted octanol–water partition coefficient (Wildman–Crippen LogP) is 2.54. The quantitative estimate of drug-likeness (QED) is 0.743. The van der Waals surface area contributed by atoms with Crippen molar-refractivity contribution in [2.75, 3.05) is 11.9 Å². The molecule has 1 heterocycles. The van der Waals surface area contributed by atoms with Crippen LogP contribution in [0.25, 0.3) is 0 Å². The van der Waals surface area contributed by atoms with Crippen molar-refractivity contribution in [3.63, 3.8) is 0 Å². The average molecular weight is 385 g/mol. The molecule has 0 saturated heterocycles. The van der Waals surface area contributed by atoms with Gasteiger partial charge < -0.3 is 15.4 Å². The van der Waals surface area contributed by atoms with E-state index in [0.29, 0.717) is 16.1 Å². The Morgan fingerprint density at radius 2 is 1.96 bits per heavy atom. The van der Waals surface area contributed by atoms with Crippen molar-refractivity contribution >= 4 is 34.1 Å². The maximum absolute atomic E-state index is 12.1. The molecule has 1 aromatic carbocycles. The molecule has 2 N–H and O–H groups in total. The van der Waals surface area contributed by atoms with E-state index < -0.39 is 23.9 Å². The van der Waals surface area contributed by atoms with Gasteiger partial charge in [0.25, 0.3) is 11.8 Å². The summed E-state index contributed by atoms with van der Waals surface area (Å²) in [5.74, 6) is -1.69. The molecule has 0 radical (unpaired) electrons. The molecule has 0 aliphatic heterocycles. The van der Waals surface area contributed by atoms with Gasteiger partial charge in [0.15, 0.2) is 6.10 Å². The number of benzene rings is 1. The number of aryl methyl sites for hydroxylation is 2. The number of nitrogens with zero attached hydrogens (tertiary/aromatic N) is 1. The SMILES string of the molecule is Cc1ccc(C(=O)NCC(=O)O[C@H](C)C(=O)Nc2sccc2C#N)cc1C. The van der Waals surface area contributed by atoms with E-state index in [1.54, 1.807) is 23.6 Å². The molecule has 2 aromatic rings.